The third-order valence-electron chi connectivity index (χ3n) is 3.00. The maximum absolute atomic E-state index is 12.0. The second-order valence-electron chi connectivity index (χ2n) is 4.22. The van der Waals surface area contributed by atoms with Gasteiger partial charge in [-0.15, -0.1) is 0 Å². The van der Waals surface area contributed by atoms with Crippen molar-refractivity contribution < 1.29 is 8.42 Å². The fourth-order valence-electron chi connectivity index (χ4n) is 1.93. The maximum Gasteiger partial charge on any atom is 0.282 e. The Kier molecular flexibility index (Phi) is 3.37. The number of hydrogen-bond donors (Lipinski definition) is 1. The molecular formula is C11H17N3O2S. The van der Waals surface area contributed by atoms with Gasteiger partial charge in [-0.1, -0.05) is 18.2 Å². The highest BCUT2D eigenvalue weighted by molar-refractivity contribution is 7.86. The van der Waals surface area contributed by atoms with Crippen LogP contribution in [0.2, 0.25) is 0 Å². The van der Waals surface area contributed by atoms with Gasteiger partial charge in [0.05, 0.1) is 0 Å². The molecule has 1 aliphatic heterocycles. The van der Waals surface area contributed by atoms with E-state index in [9.17, 15) is 8.42 Å². The molecule has 1 saturated heterocycles. The SMILES string of the molecule is CN1CCCN(Cc2ccccc2N)S1(=O)=O. The molecule has 2 N–H and O–H groups in total. The molecule has 0 saturated carbocycles. The van der Waals surface area contributed by atoms with Gasteiger partial charge in [0.15, 0.2) is 0 Å². The lowest BCUT2D eigenvalue weighted by Gasteiger charge is -2.32. The van der Waals surface area contributed by atoms with Crippen LogP contribution in [0.25, 0.3) is 0 Å². The van der Waals surface area contributed by atoms with Crippen LogP contribution in [0.5, 0.6) is 0 Å². The van der Waals surface area contributed by atoms with Gasteiger partial charge >= 0.3 is 0 Å². The summed E-state index contributed by atoms with van der Waals surface area (Å²) in [5, 5.41) is 0. The van der Waals surface area contributed by atoms with Crippen molar-refractivity contribution in [2.75, 3.05) is 25.9 Å². The lowest BCUT2D eigenvalue weighted by Crippen LogP contribution is -2.47. The fourth-order valence-corrected chi connectivity index (χ4v) is 3.34. The van der Waals surface area contributed by atoms with Crippen molar-refractivity contribution in [3.8, 4) is 0 Å². The third kappa shape index (κ3) is 2.43. The van der Waals surface area contributed by atoms with Gasteiger partial charge in [0.25, 0.3) is 10.2 Å². The van der Waals surface area contributed by atoms with E-state index in [4.69, 9.17) is 5.73 Å². The van der Waals surface area contributed by atoms with Crippen molar-refractivity contribution in [2.45, 2.75) is 13.0 Å². The summed E-state index contributed by atoms with van der Waals surface area (Å²) < 4.78 is 26.9. The van der Waals surface area contributed by atoms with E-state index in [0.29, 0.717) is 25.3 Å². The third-order valence-corrected chi connectivity index (χ3v) is 4.94. The Bertz CT molecular complexity index is 501. The molecule has 0 atom stereocenters. The molecule has 0 bridgehead atoms. The molecule has 0 radical (unpaired) electrons. The molecule has 5 nitrogen and oxygen atoms in total. The van der Waals surface area contributed by atoms with Crippen molar-refractivity contribution in [1.82, 2.24) is 8.61 Å². The molecule has 1 aliphatic rings. The van der Waals surface area contributed by atoms with Gasteiger partial charge in [-0.05, 0) is 18.1 Å². The van der Waals surface area contributed by atoms with E-state index in [1.54, 1.807) is 13.1 Å². The predicted molar refractivity (Wildman–Crippen MR) is 67.4 cm³/mol. The van der Waals surface area contributed by atoms with E-state index in [2.05, 4.69) is 0 Å². The first-order valence-electron chi connectivity index (χ1n) is 5.56. The zero-order valence-corrected chi connectivity index (χ0v) is 10.7. The van der Waals surface area contributed by atoms with Crippen molar-refractivity contribution >= 4 is 15.9 Å². The summed E-state index contributed by atoms with van der Waals surface area (Å²) >= 11 is 0. The first-order valence-corrected chi connectivity index (χ1v) is 6.96. The Morgan fingerprint density at radius 1 is 1.29 bits per heavy atom. The molecule has 2 rings (SSSR count). The smallest absolute Gasteiger partial charge is 0.282 e. The normalized spacial score (nSPS) is 21.5. The van der Waals surface area contributed by atoms with Gasteiger partial charge in [0.2, 0.25) is 0 Å². The first-order chi connectivity index (χ1) is 8.01. The number of nitrogen functional groups attached to an aromatic ring is 1. The summed E-state index contributed by atoms with van der Waals surface area (Å²) in [7, 11) is -1.70. The van der Waals surface area contributed by atoms with E-state index in [0.717, 1.165) is 12.0 Å². The minimum atomic E-state index is -3.31. The zero-order chi connectivity index (χ0) is 12.5. The van der Waals surface area contributed by atoms with Crippen molar-refractivity contribution in [1.29, 1.82) is 0 Å². The Labute approximate surface area is 102 Å². The molecule has 0 unspecified atom stereocenters. The van der Waals surface area contributed by atoms with Crippen LogP contribution in [0, 0.1) is 0 Å². The summed E-state index contributed by atoms with van der Waals surface area (Å²) in [6.07, 6.45) is 0.850. The molecule has 0 spiro atoms. The fraction of sp³-hybridized carbons (Fsp3) is 0.455. The van der Waals surface area contributed by atoms with Gasteiger partial charge in [-0.3, -0.25) is 0 Å². The average Bonchev–Trinajstić information content (AvgIpc) is 2.28. The van der Waals surface area contributed by atoms with Crippen LogP contribution in [0.1, 0.15) is 12.0 Å². The molecule has 1 fully saturated rings. The van der Waals surface area contributed by atoms with Crippen LogP contribution in [-0.2, 0) is 16.8 Å². The van der Waals surface area contributed by atoms with Crippen LogP contribution in [-0.4, -0.2) is 37.2 Å². The molecule has 0 amide bonds. The first kappa shape index (κ1) is 12.3. The minimum Gasteiger partial charge on any atom is -0.398 e. The highest BCUT2D eigenvalue weighted by atomic mass is 32.2. The standard InChI is InChI=1S/C11H17N3O2S/c1-13-7-4-8-14(17(13,15)16)9-10-5-2-3-6-11(10)12/h2-3,5-6H,4,7-9,12H2,1H3. The van der Waals surface area contributed by atoms with Gasteiger partial charge < -0.3 is 5.73 Å². The van der Waals surface area contributed by atoms with Gasteiger partial charge in [-0.2, -0.15) is 17.0 Å². The molecule has 94 valence electrons. The van der Waals surface area contributed by atoms with E-state index in [1.807, 2.05) is 18.2 Å². The van der Waals surface area contributed by atoms with Crippen LogP contribution in [0.4, 0.5) is 5.69 Å². The van der Waals surface area contributed by atoms with Gasteiger partial charge in [0, 0.05) is 32.4 Å². The maximum atomic E-state index is 12.0. The molecule has 1 heterocycles. The van der Waals surface area contributed by atoms with E-state index >= 15 is 0 Å². The Hall–Kier alpha value is -1.11. The van der Waals surface area contributed by atoms with E-state index in [1.165, 1.54) is 8.61 Å². The molecule has 1 aromatic rings. The second-order valence-corrected chi connectivity index (χ2v) is 6.25. The zero-order valence-electron chi connectivity index (χ0n) is 9.83. The highest BCUT2D eigenvalue weighted by Gasteiger charge is 2.30. The van der Waals surface area contributed by atoms with Crippen LogP contribution < -0.4 is 5.73 Å². The monoisotopic (exact) mass is 255 g/mol. The number of nitrogens with two attached hydrogens (primary N) is 1. The quantitative estimate of drug-likeness (QED) is 0.789. The molecule has 0 aromatic heterocycles. The number of anilines is 1. The molecule has 0 aliphatic carbocycles. The lowest BCUT2D eigenvalue weighted by atomic mass is 10.2. The van der Waals surface area contributed by atoms with Crippen LogP contribution in [0.15, 0.2) is 24.3 Å². The predicted octanol–water partition coefficient (Wildman–Crippen LogP) is 0.651. The number of para-hydroxylation sites is 1. The van der Waals surface area contributed by atoms with E-state index in [-0.39, 0.29) is 0 Å². The number of benzene rings is 1. The molecule has 1 aromatic carbocycles. The van der Waals surface area contributed by atoms with E-state index < -0.39 is 10.2 Å². The Balaban J connectivity index is 2.22. The lowest BCUT2D eigenvalue weighted by molar-refractivity contribution is 0.303. The number of hydrogen-bond acceptors (Lipinski definition) is 3. The van der Waals surface area contributed by atoms with Crippen molar-refractivity contribution in [3.63, 3.8) is 0 Å². The summed E-state index contributed by atoms with van der Waals surface area (Å²) in [6.45, 7) is 1.49. The molecule has 6 heteroatoms. The van der Waals surface area contributed by atoms with Crippen LogP contribution in [0.3, 0.4) is 0 Å². The van der Waals surface area contributed by atoms with Crippen molar-refractivity contribution in [2.24, 2.45) is 0 Å². The average molecular weight is 255 g/mol. The van der Waals surface area contributed by atoms with Gasteiger partial charge in [-0.25, -0.2) is 0 Å². The topological polar surface area (TPSA) is 66.6 Å². The highest BCUT2D eigenvalue weighted by Crippen LogP contribution is 2.20. The Morgan fingerprint density at radius 3 is 2.71 bits per heavy atom. The Morgan fingerprint density at radius 2 is 2.00 bits per heavy atom. The van der Waals surface area contributed by atoms with Crippen molar-refractivity contribution in [3.05, 3.63) is 29.8 Å². The van der Waals surface area contributed by atoms with Crippen LogP contribution >= 0.6 is 0 Å². The number of nitrogens with zero attached hydrogens (tertiary/aromatic N) is 2. The summed E-state index contributed by atoms with van der Waals surface area (Å²) in [4.78, 5) is 0. The summed E-state index contributed by atoms with van der Waals surface area (Å²) in [5.41, 5.74) is 7.31. The second kappa shape index (κ2) is 4.64. The molecule has 17 heavy (non-hydrogen) atoms. The largest absolute Gasteiger partial charge is 0.398 e. The summed E-state index contributed by atoms with van der Waals surface area (Å²) in [5.74, 6) is 0. The minimum absolute atomic E-state index is 0.347. The summed E-state index contributed by atoms with van der Waals surface area (Å²) in [6, 6.07) is 7.36. The molecular weight excluding hydrogens is 238 g/mol. The number of rotatable bonds is 2. The van der Waals surface area contributed by atoms with Gasteiger partial charge in [0.1, 0.15) is 0 Å².